The standard InChI is InChI=1S/C14H21N3O/c1-2-6-12-13(11-7-4-3-5-8-11)16-9-10-17(12)14(15)18/h3-5,7-8,12-13,16H,2,6,9-10H2,1H3,(H2,15,18). The van der Waals surface area contributed by atoms with Crippen LogP contribution in [0.25, 0.3) is 0 Å². The van der Waals surface area contributed by atoms with Crippen molar-refractivity contribution in [3.63, 3.8) is 0 Å². The number of nitrogens with two attached hydrogens (primary N) is 1. The molecular formula is C14H21N3O. The van der Waals surface area contributed by atoms with Crippen molar-refractivity contribution in [1.29, 1.82) is 0 Å². The Labute approximate surface area is 108 Å². The molecule has 4 heteroatoms. The highest BCUT2D eigenvalue weighted by Crippen LogP contribution is 2.26. The minimum atomic E-state index is -0.309. The zero-order valence-corrected chi connectivity index (χ0v) is 10.8. The van der Waals surface area contributed by atoms with E-state index in [-0.39, 0.29) is 18.1 Å². The maximum atomic E-state index is 11.5. The lowest BCUT2D eigenvalue weighted by Crippen LogP contribution is -2.56. The molecule has 3 N–H and O–H groups in total. The summed E-state index contributed by atoms with van der Waals surface area (Å²) in [6.07, 6.45) is 2.01. The predicted molar refractivity (Wildman–Crippen MR) is 72.2 cm³/mol. The number of benzene rings is 1. The van der Waals surface area contributed by atoms with Crippen molar-refractivity contribution in [2.45, 2.75) is 31.8 Å². The van der Waals surface area contributed by atoms with Gasteiger partial charge in [0.25, 0.3) is 0 Å². The fraction of sp³-hybridized carbons (Fsp3) is 0.500. The van der Waals surface area contributed by atoms with Crippen LogP contribution in [0.5, 0.6) is 0 Å². The van der Waals surface area contributed by atoms with Gasteiger partial charge in [0.05, 0.1) is 12.1 Å². The van der Waals surface area contributed by atoms with E-state index in [1.807, 2.05) is 18.2 Å². The second-order valence-electron chi connectivity index (χ2n) is 4.73. The van der Waals surface area contributed by atoms with Gasteiger partial charge in [-0.15, -0.1) is 0 Å². The number of urea groups is 1. The molecule has 2 rings (SSSR count). The van der Waals surface area contributed by atoms with E-state index in [0.717, 1.165) is 19.4 Å². The molecule has 1 aromatic carbocycles. The second-order valence-corrected chi connectivity index (χ2v) is 4.73. The Kier molecular flexibility index (Phi) is 4.20. The van der Waals surface area contributed by atoms with Crippen molar-refractivity contribution < 1.29 is 4.79 Å². The molecule has 98 valence electrons. The van der Waals surface area contributed by atoms with E-state index in [1.165, 1.54) is 5.56 Å². The van der Waals surface area contributed by atoms with E-state index in [2.05, 4.69) is 24.4 Å². The van der Waals surface area contributed by atoms with Crippen molar-refractivity contribution in [2.24, 2.45) is 5.73 Å². The van der Waals surface area contributed by atoms with Crippen molar-refractivity contribution in [2.75, 3.05) is 13.1 Å². The van der Waals surface area contributed by atoms with Gasteiger partial charge in [-0.25, -0.2) is 4.79 Å². The zero-order valence-electron chi connectivity index (χ0n) is 10.8. The van der Waals surface area contributed by atoms with Crippen molar-refractivity contribution in [1.82, 2.24) is 10.2 Å². The van der Waals surface area contributed by atoms with Gasteiger partial charge in [0.1, 0.15) is 0 Å². The minimum absolute atomic E-state index is 0.156. The molecule has 1 aliphatic rings. The predicted octanol–water partition coefficient (Wildman–Crippen LogP) is 1.88. The number of nitrogens with one attached hydrogen (secondary N) is 1. The number of rotatable bonds is 3. The molecule has 1 heterocycles. The van der Waals surface area contributed by atoms with E-state index >= 15 is 0 Å². The Bertz CT molecular complexity index is 393. The van der Waals surface area contributed by atoms with E-state index in [4.69, 9.17) is 5.73 Å². The Hall–Kier alpha value is -1.55. The Morgan fingerprint density at radius 1 is 1.44 bits per heavy atom. The van der Waals surface area contributed by atoms with Gasteiger partial charge in [-0.2, -0.15) is 0 Å². The summed E-state index contributed by atoms with van der Waals surface area (Å²) < 4.78 is 0. The summed E-state index contributed by atoms with van der Waals surface area (Å²) in [5, 5.41) is 3.51. The number of amides is 2. The molecule has 0 aromatic heterocycles. The summed E-state index contributed by atoms with van der Waals surface area (Å²) in [5.41, 5.74) is 6.71. The normalized spacial score (nSPS) is 23.9. The first-order valence-corrected chi connectivity index (χ1v) is 6.58. The highest BCUT2D eigenvalue weighted by atomic mass is 16.2. The molecule has 2 amide bonds. The summed E-state index contributed by atoms with van der Waals surface area (Å²) in [4.78, 5) is 13.3. The quantitative estimate of drug-likeness (QED) is 0.856. The van der Waals surface area contributed by atoms with Gasteiger partial charge in [-0.3, -0.25) is 0 Å². The molecule has 0 radical (unpaired) electrons. The third-order valence-electron chi connectivity index (χ3n) is 3.53. The van der Waals surface area contributed by atoms with Crippen LogP contribution in [0.3, 0.4) is 0 Å². The molecule has 2 atom stereocenters. The first-order chi connectivity index (χ1) is 8.74. The van der Waals surface area contributed by atoms with E-state index in [0.29, 0.717) is 6.54 Å². The van der Waals surface area contributed by atoms with Gasteiger partial charge in [-0.05, 0) is 12.0 Å². The van der Waals surface area contributed by atoms with Crippen molar-refractivity contribution >= 4 is 6.03 Å². The van der Waals surface area contributed by atoms with Crippen LogP contribution in [-0.2, 0) is 0 Å². The molecular weight excluding hydrogens is 226 g/mol. The number of carbonyl (C=O) groups is 1. The molecule has 18 heavy (non-hydrogen) atoms. The number of primary amides is 1. The van der Waals surface area contributed by atoms with Gasteiger partial charge in [0, 0.05) is 13.1 Å². The van der Waals surface area contributed by atoms with Gasteiger partial charge in [0.2, 0.25) is 0 Å². The largest absolute Gasteiger partial charge is 0.351 e. The smallest absolute Gasteiger partial charge is 0.315 e. The molecule has 4 nitrogen and oxygen atoms in total. The monoisotopic (exact) mass is 247 g/mol. The Morgan fingerprint density at radius 2 is 2.17 bits per heavy atom. The average molecular weight is 247 g/mol. The lowest BCUT2D eigenvalue weighted by molar-refractivity contribution is 0.133. The fourth-order valence-corrected chi connectivity index (χ4v) is 2.71. The van der Waals surface area contributed by atoms with Crippen LogP contribution >= 0.6 is 0 Å². The molecule has 0 aliphatic carbocycles. The number of carbonyl (C=O) groups excluding carboxylic acids is 1. The van der Waals surface area contributed by atoms with Gasteiger partial charge >= 0.3 is 6.03 Å². The third-order valence-corrected chi connectivity index (χ3v) is 3.53. The highest BCUT2D eigenvalue weighted by Gasteiger charge is 2.33. The second kappa shape index (κ2) is 5.87. The van der Waals surface area contributed by atoms with Crippen LogP contribution in [0.15, 0.2) is 30.3 Å². The number of hydrogen-bond donors (Lipinski definition) is 2. The molecule has 1 aliphatic heterocycles. The Morgan fingerprint density at radius 3 is 2.78 bits per heavy atom. The third kappa shape index (κ3) is 2.64. The molecule has 1 fully saturated rings. The molecule has 1 aromatic rings. The van der Waals surface area contributed by atoms with Gasteiger partial charge in [0.15, 0.2) is 0 Å². The van der Waals surface area contributed by atoms with Crippen molar-refractivity contribution in [3.8, 4) is 0 Å². The van der Waals surface area contributed by atoms with Crippen LogP contribution in [0.1, 0.15) is 31.4 Å². The summed E-state index contributed by atoms with van der Waals surface area (Å²) in [7, 11) is 0. The maximum absolute atomic E-state index is 11.5. The van der Waals surface area contributed by atoms with Crippen LogP contribution in [-0.4, -0.2) is 30.1 Å². The minimum Gasteiger partial charge on any atom is -0.351 e. The summed E-state index contributed by atoms with van der Waals surface area (Å²) >= 11 is 0. The molecule has 0 saturated carbocycles. The average Bonchev–Trinajstić information content (AvgIpc) is 2.40. The van der Waals surface area contributed by atoms with E-state index in [1.54, 1.807) is 4.90 Å². The van der Waals surface area contributed by atoms with Crippen LogP contribution in [0, 0.1) is 0 Å². The van der Waals surface area contributed by atoms with Crippen LogP contribution < -0.4 is 11.1 Å². The number of nitrogens with zero attached hydrogens (tertiary/aromatic N) is 1. The first kappa shape index (κ1) is 12.9. The maximum Gasteiger partial charge on any atom is 0.315 e. The fourth-order valence-electron chi connectivity index (χ4n) is 2.71. The van der Waals surface area contributed by atoms with Gasteiger partial charge in [-0.1, -0.05) is 43.7 Å². The first-order valence-electron chi connectivity index (χ1n) is 6.58. The topological polar surface area (TPSA) is 58.4 Å². The number of piperazine rings is 1. The van der Waals surface area contributed by atoms with E-state index in [9.17, 15) is 4.79 Å². The number of hydrogen-bond acceptors (Lipinski definition) is 2. The molecule has 0 bridgehead atoms. The highest BCUT2D eigenvalue weighted by molar-refractivity contribution is 5.72. The summed E-state index contributed by atoms with van der Waals surface area (Å²) in [5.74, 6) is 0. The van der Waals surface area contributed by atoms with Crippen LogP contribution in [0.4, 0.5) is 4.79 Å². The summed E-state index contributed by atoms with van der Waals surface area (Å²) in [6.45, 7) is 3.63. The molecule has 2 unspecified atom stereocenters. The molecule has 0 spiro atoms. The lowest BCUT2D eigenvalue weighted by atomic mass is 9.93. The van der Waals surface area contributed by atoms with Gasteiger partial charge < -0.3 is 16.0 Å². The van der Waals surface area contributed by atoms with Crippen LogP contribution in [0.2, 0.25) is 0 Å². The SMILES string of the molecule is CCCC1C(c2ccccc2)NCCN1C(N)=O. The Balaban J connectivity index is 2.24. The zero-order chi connectivity index (χ0) is 13.0. The summed E-state index contributed by atoms with van der Waals surface area (Å²) in [6, 6.07) is 10.3. The molecule has 1 saturated heterocycles. The van der Waals surface area contributed by atoms with Crippen molar-refractivity contribution in [3.05, 3.63) is 35.9 Å². The lowest BCUT2D eigenvalue weighted by Gasteiger charge is -2.41. The van der Waals surface area contributed by atoms with E-state index < -0.39 is 0 Å².